The van der Waals surface area contributed by atoms with Gasteiger partial charge < -0.3 is 33.9 Å². The summed E-state index contributed by atoms with van der Waals surface area (Å²) in [6.07, 6.45) is 2.56. The molecule has 1 N–H and O–H groups in total. The summed E-state index contributed by atoms with van der Waals surface area (Å²) < 4.78 is 23.9. The van der Waals surface area contributed by atoms with Gasteiger partial charge in [-0.3, -0.25) is 0 Å². The summed E-state index contributed by atoms with van der Waals surface area (Å²) >= 11 is 0. The van der Waals surface area contributed by atoms with Crippen molar-refractivity contribution in [2.45, 2.75) is 12.8 Å². The van der Waals surface area contributed by atoms with Crippen molar-refractivity contribution in [3.63, 3.8) is 0 Å². The zero-order valence-corrected chi connectivity index (χ0v) is 27.2. The first-order valence-electron chi connectivity index (χ1n) is 10.6. The molecule has 1 heterocycles. The second-order valence-corrected chi connectivity index (χ2v) is 6.30. The summed E-state index contributed by atoms with van der Waals surface area (Å²) in [5.74, 6) is 0. The summed E-state index contributed by atoms with van der Waals surface area (Å²) in [6, 6.07) is 16.7. The molecule has 0 amide bonds. The van der Waals surface area contributed by atoms with E-state index in [1.54, 1.807) is 14.2 Å². The third-order valence-corrected chi connectivity index (χ3v) is 3.81. The van der Waals surface area contributed by atoms with E-state index in [-0.39, 0.29) is 116 Å². The van der Waals surface area contributed by atoms with Gasteiger partial charge in [-0.25, -0.2) is 0 Å². The van der Waals surface area contributed by atoms with E-state index in [9.17, 15) is 5.11 Å². The molecule has 7 nitrogen and oxygen atoms in total. The van der Waals surface area contributed by atoms with Crippen LogP contribution >= 0.6 is 0 Å². The molecular formula is C24H39K2O7. The topological polar surface area (TPSA) is 89.4 Å². The molecule has 0 aliphatic carbocycles. The third kappa shape index (κ3) is 28.1. The van der Waals surface area contributed by atoms with Gasteiger partial charge in [0.05, 0.1) is 39.6 Å². The van der Waals surface area contributed by atoms with Crippen LogP contribution in [0.5, 0.6) is 0 Å². The summed E-state index contributed by atoms with van der Waals surface area (Å²) in [5.41, 5.74) is 0. The quantitative estimate of drug-likeness (QED) is 0.317. The smallest absolute Gasteiger partial charge is 0.853 e. The van der Waals surface area contributed by atoms with Gasteiger partial charge in [-0.05, 0) is 23.6 Å². The molecule has 1 aliphatic heterocycles. The van der Waals surface area contributed by atoms with E-state index in [0.717, 1.165) is 13.2 Å². The maximum atomic E-state index is 9.73. The summed E-state index contributed by atoms with van der Waals surface area (Å²) in [5, 5.41) is 20.5. The van der Waals surface area contributed by atoms with Crippen molar-refractivity contribution < 1.29 is 85.3 Å². The normalized spacial score (nSPS) is 11.4. The molecule has 9 heteroatoms. The van der Waals surface area contributed by atoms with E-state index < -0.39 is 0 Å². The fourth-order valence-electron chi connectivity index (χ4n) is 2.26. The molecule has 0 bridgehead atoms. The maximum absolute atomic E-state index is 9.73. The molecule has 2 aromatic carbocycles. The molecule has 1 aliphatic rings. The number of aliphatic hydroxyl groups is 1. The van der Waals surface area contributed by atoms with Crippen LogP contribution in [0.1, 0.15) is 12.8 Å². The number of methoxy groups -OCH3 is 2. The SMILES string of the molecule is C1CCOC1.COCCOCCO.COCCOCC[O-].[K+].[K].c1ccc2ccccc2c1. The van der Waals surface area contributed by atoms with Gasteiger partial charge in [-0.15, -0.1) is 6.61 Å². The summed E-state index contributed by atoms with van der Waals surface area (Å²) in [7, 11) is 3.21. The summed E-state index contributed by atoms with van der Waals surface area (Å²) in [6.45, 7) is 4.88. The Kier molecular flexibility index (Phi) is 40.0. The van der Waals surface area contributed by atoms with Crippen LogP contribution in [0.25, 0.3) is 10.8 Å². The third-order valence-electron chi connectivity index (χ3n) is 3.81. The van der Waals surface area contributed by atoms with Crippen LogP contribution in [0, 0.1) is 0 Å². The molecule has 0 unspecified atom stereocenters. The van der Waals surface area contributed by atoms with Crippen LogP contribution in [0.2, 0.25) is 0 Å². The van der Waals surface area contributed by atoms with Crippen LogP contribution < -0.4 is 56.5 Å². The fourth-order valence-corrected chi connectivity index (χ4v) is 2.26. The predicted octanol–water partition coefficient (Wildman–Crippen LogP) is -1.09. The molecule has 179 valence electrons. The standard InChI is InChI=1S/C10H8.C5H12O3.C5H11O3.C4H8O.2K/c1-2-6-10-8-4-3-7-9(10)5-1;2*1-7-4-5-8-3-2-6;1-2-4-5-3-1;;/h1-8H;6H,2-5H2,1H3;2-5H2,1H3;1-4H2;;/q;;-1;;;+1. The molecule has 2 aromatic rings. The largest absolute Gasteiger partial charge is 1.00 e. The van der Waals surface area contributed by atoms with Crippen molar-refractivity contribution in [1.82, 2.24) is 0 Å². The van der Waals surface area contributed by atoms with E-state index in [4.69, 9.17) is 19.3 Å². The first kappa shape index (κ1) is 39.2. The second-order valence-electron chi connectivity index (χ2n) is 6.30. The van der Waals surface area contributed by atoms with Gasteiger partial charge in [0.2, 0.25) is 0 Å². The number of hydrogen-bond acceptors (Lipinski definition) is 7. The molecule has 0 spiro atoms. The van der Waals surface area contributed by atoms with E-state index in [2.05, 4.69) is 58.0 Å². The molecule has 33 heavy (non-hydrogen) atoms. The first-order chi connectivity index (χ1) is 15.3. The van der Waals surface area contributed by atoms with E-state index in [1.165, 1.54) is 23.6 Å². The molecule has 1 radical (unpaired) electrons. The van der Waals surface area contributed by atoms with E-state index >= 15 is 0 Å². The molecule has 0 saturated carbocycles. The van der Waals surface area contributed by atoms with Crippen molar-refractivity contribution in [2.24, 2.45) is 0 Å². The Labute approximate surface area is 284 Å². The minimum absolute atomic E-state index is 0. The van der Waals surface area contributed by atoms with Crippen LogP contribution in [0.15, 0.2) is 48.5 Å². The van der Waals surface area contributed by atoms with Gasteiger partial charge in [0.1, 0.15) is 0 Å². The summed E-state index contributed by atoms with van der Waals surface area (Å²) in [4.78, 5) is 0. The average Bonchev–Trinajstić information content (AvgIpc) is 3.41. The number of fused-ring (bicyclic) bond motifs is 1. The minimum Gasteiger partial charge on any atom is -0.853 e. The number of hydrogen-bond donors (Lipinski definition) is 1. The van der Waals surface area contributed by atoms with Crippen molar-refractivity contribution in [3.05, 3.63) is 48.5 Å². The van der Waals surface area contributed by atoms with Crippen molar-refractivity contribution >= 4 is 62.2 Å². The Morgan fingerprint density at radius 3 is 1.48 bits per heavy atom. The zero-order chi connectivity index (χ0) is 22.8. The van der Waals surface area contributed by atoms with Gasteiger partial charge >= 0.3 is 51.4 Å². The van der Waals surface area contributed by atoms with Gasteiger partial charge in [-0.1, -0.05) is 48.5 Å². The Morgan fingerprint density at radius 1 is 0.758 bits per heavy atom. The van der Waals surface area contributed by atoms with E-state index in [0.29, 0.717) is 39.6 Å². The molecule has 3 rings (SSSR count). The van der Waals surface area contributed by atoms with Crippen molar-refractivity contribution in [2.75, 3.05) is 80.3 Å². The predicted molar refractivity (Wildman–Crippen MR) is 127 cm³/mol. The van der Waals surface area contributed by atoms with Crippen molar-refractivity contribution in [1.29, 1.82) is 0 Å². The Hall–Kier alpha value is 1.69. The fraction of sp³-hybridized carbons (Fsp3) is 0.583. The van der Waals surface area contributed by atoms with Crippen LogP contribution in [-0.2, 0) is 23.7 Å². The van der Waals surface area contributed by atoms with E-state index in [1.807, 2.05) is 0 Å². The number of benzene rings is 2. The van der Waals surface area contributed by atoms with Crippen molar-refractivity contribution in [3.8, 4) is 0 Å². The zero-order valence-electron chi connectivity index (χ0n) is 21.0. The second kappa shape index (κ2) is 33.7. The molecule has 0 aromatic heterocycles. The number of rotatable bonds is 10. The van der Waals surface area contributed by atoms with Crippen LogP contribution in [-0.4, -0.2) is 137 Å². The van der Waals surface area contributed by atoms with Gasteiger partial charge in [0.15, 0.2) is 0 Å². The van der Waals surface area contributed by atoms with Gasteiger partial charge in [-0.2, -0.15) is 0 Å². The molecular weight excluding hydrogens is 478 g/mol. The molecule has 0 atom stereocenters. The Morgan fingerprint density at radius 2 is 1.18 bits per heavy atom. The Bertz CT molecular complexity index is 505. The molecule has 1 saturated heterocycles. The number of aliphatic hydroxyl groups excluding tert-OH is 1. The number of ether oxygens (including phenoxy) is 5. The average molecular weight is 518 g/mol. The monoisotopic (exact) mass is 517 g/mol. The van der Waals surface area contributed by atoms with Gasteiger partial charge in [0.25, 0.3) is 0 Å². The maximum Gasteiger partial charge on any atom is 1.00 e. The minimum atomic E-state index is -0.163. The van der Waals surface area contributed by atoms with Crippen LogP contribution in [0.4, 0.5) is 0 Å². The molecule has 1 fully saturated rings. The Balaban J connectivity index is -0.000000365. The van der Waals surface area contributed by atoms with Gasteiger partial charge in [0, 0.05) is 85.4 Å². The first-order valence-corrected chi connectivity index (χ1v) is 10.6. The van der Waals surface area contributed by atoms with Crippen LogP contribution in [0.3, 0.4) is 0 Å².